The molecule has 0 amide bonds. The van der Waals surface area contributed by atoms with Crippen LogP contribution >= 0.6 is 0 Å². The van der Waals surface area contributed by atoms with E-state index in [0.29, 0.717) is 0 Å². The number of aromatic nitrogens is 1. The van der Waals surface area contributed by atoms with E-state index in [1.54, 1.807) is 0 Å². The summed E-state index contributed by atoms with van der Waals surface area (Å²) >= 11 is 0. The van der Waals surface area contributed by atoms with Crippen molar-refractivity contribution >= 4 is 0 Å². The second kappa shape index (κ2) is 10.3. The molecule has 0 saturated heterocycles. The molecule has 3 nitrogen and oxygen atoms in total. The van der Waals surface area contributed by atoms with Gasteiger partial charge in [0.15, 0.2) is 11.5 Å². The molecular formula is C16H25NO2. The molecule has 0 aromatic carbocycles. The van der Waals surface area contributed by atoms with Crippen LogP contribution in [0.4, 0.5) is 0 Å². The lowest BCUT2D eigenvalue weighted by atomic mass is 10.2. The van der Waals surface area contributed by atoms with Crippen molar-refractivity contribution in [2.45, 2.75) is 38.5 Å². The summed E-state index contributed by atoms with van der Waals surface area (Å²) in [6.07, 6.45) is 14.0. The van der Waals surface area contributed by atoms with Crippen molar-refractivity contribution < 1.29 is 9.47 Å². The van der Waals surface area contributed by atoms with Gasteiger partial charge in [0.05, 0.1) is 13.2 Å². The minimum absolute atomic E-state index is 0.721. The molecule has 0 saturated carbocycles. The molecular weight excluding hydrogens is 238 g/mol. The summed E-state index contributed by atoms with van der Waals surface area (Å²) in [5, 5.41) is 0. The van der Waals surface area contributed by atoms with Gasteiger partial charge in [0.25, 0.3) is 0 Å². The highest BCUT2D eigenvalue weighted by Crippen LogP contribution is 2.26. The Balaban J connectivity index is 2.18. The van der Waals surface area contributed by atoms with Gasteiger partial charge < -0.3 is 14.5 Å². The maximum atomic E-state index is 5.70. The number of aromatic amines is 1. The third-order valence-corrected chi connectivity index (χ3v) is 2.79. The highest BCUT2D eigenvalue weighted by atomic mass is 16.5. The Labute approximate surface area is 116 Å². The zero-order valence-corrected chi connectivity index (χ0v) is 11.7. The first-order valence-corrected chi connectivity index (χ1v) is 7.02. The average Bonchev–Trinajstić information content (AvgIpc) is 2.86. The Bertz CT molecular complexity index is 325. The van der Waals surface area contributed by atoms with Crippen LogP contribution in [0.2, 0.25) is 0 Å². The van der Waals surface area contributed by atoms with Gasteiger partial charge in [-0.15, -0.1) is 13.2 Å². The van der Waals surface area contributed by atoms with Gasteiger partial charge in [0.2, 0.25) is 0 Å². The quantitative estimate of drug-likeness (QED) is 0.445. The number of ether oxygens (including phenoxy) is 2. The van der Waals surface area contributed by atoms with E-state index in [1.807, 2.05) is 24.5 Å². The number of rotatable bonds is 12. The number of allylic oxidation sites excluding steroid dienone is 2. The summed E-state index contributed by atoms with van der Waals surface area (Å²) in [5.74, 6) is 1.62. The van der Waals surface area contributed by atoms with Crippen LogP contribution in [0.1, 0.15) is 38.5 Å². The molecule has 0 radical (unpaired) electrons. The SMILES string of the molecule is C=CCCCCOc1c[nH]cc1OCCCCC=C. The number of hydrogen-bond acceptors (Lipinski definition) is 2. The molecule has 1 N–H and O–H groups in total. The van der Waals surface area contributed by atoms with Gasteiger partial charge in [0, 0.05) is 12.4 Å². The van der Waals surface area contributed by atoms with Gasteiger partial charge in [-0.1, -0.05) is 12.2 Å². The summed E-state index contributed by atoms with van der Waals surface area (Å²) in [4.78, 5) is 3.02. The van der Waals surface area contributed by atoms with Crippen LogP contribution < -0.4 is 9.47 Å². The van der Waals surface area contributed by atoms with E-state index in [9.17, 15) is 0 Å². The number of hydrogen-bond donors (Lipinski definition) is 1. The predicted octanol–water partition coefficient (Wildman–Crippen LogP) is 4.48. The molecule has 1 aromatic heterocycles. The minimum atomic E-state index is 0.721. The molecule has 0 spiro atoms. The summed E-state index contributed by atoms with van der Waals surface area (Å²) in [6.45, 7) is 8.85. The molecule has 1 heterocycles. The number of nitrogens with one attached hydrogen (secondary N) is 1. The van der Waals surface area contributed by atoms with Crippen molar-refractivity contribution in [3.05, 3.63) is 37.7 Å². The Morgan fingerprint density at radius 1 is 0.842 bits per heavy atom. The first-order valence-electron chi connectivity index (χ1n) is 7.02. The van der Waals surface area contributed by atoms with Crippen molar-refractivity contribution in [3.63, 3.8) is 0 Å². The van der Waals surface area contributed by atoms with Crippen LogP contribution in [-0.4, -0.2) is 18.2 Å². The van der Waals surface area contributed by atoms with E-state index in [-0.39, 0.29) is 0 Å². The summed E-state index contributed by atoms with van der Waals surface area (Å²) in [5.41, 5.74) is 0. The third-order valence-electron chi connectivity index (χ3n) is 2.79. The van der Waals surface area contributed by atoms with Gasteiger partial charge in [-0.2, -0.15) is 0 Å². The van der Waals surface area contributed by atoms with Crippen LogP contribution in [-0.2, 0) is 0 Å². The van der Waals surface area contributed by atoms with Crippen molar-refractivity contribution in [3.8, 4) is 11.5 Å². The molecule has 106 valence electrons. The van der Waals surface area contributed by atoms with Gasteiger partial charge in [-0.25, -0.2) is 0 Å². The highest BCUT2D eigenvalue weighted by molar-refractivity contribution is 5.36. The van der Waals surface area contributed by atoms with Crippen LogP contribution in [0.3, 0.4) is 0 Å². The molecule has 1 aromatic rings. The Hall–Kier alpha value is -1.64. The smallest absolute Gasteiger partial charge is 0.178 e. The van der Waals surface area contributed by atoms with Gasteiger partial charge in [0.1, 0.15) is 0 Å². The van der Waals surface area contributed by atoms with E-state index >= 15 is 0 Å². The minimum Gasteiger partial charge on any atom is -0.488 e. The monoisotopic (exact) mass is 263 g/mol. The fourth-order valence-electron chi connectivity index (χ4n) is 1.71. The molecule has 0 fully saturated rings. The van der Waals surface area contributed by atoms with Gasteiger partial charge >= 0.3 is 0 Å². The normalized spacial score (nSPS) is 10.1. The van der Waals surface area contributed by atoms with Crippen LogP contribution in [0.5, 0.6) is 11.5 Å². The lowest BCUT2D eigenvalue weighted by Gasteiger charge is -2.08. The maximum Gasteiger partial charge on any atom is 0.178 e. The number of H-pyrrole nitrogens is 1. The maximum absolute atomic E-state index is 5.70. The Morgan fingerprint density at radius 3 is 1.74 bits per heavy atom. The van der Waals surface area contributed by atoms with E-state index in [0.717, 1.165) is 63.2 Å². The van der Waals surface area contributed by atoms with E-state index in [1.165, 1.54) is 0 Å². The molecule has 0 bridgehead atoms. The summed E-state index contributed by atoms with van der Waals surface area (Å²) in [6, 6.07) is 0. The largest absolute Gasteiger partial charge is 0.488 e. The Morgan fingerprint density at radius 2 is 1.32 bits per heavy atom. The van der Waals surface area contributed by atoms with Crippen molar-refractivity contribution in [2.75, 3.05) is 13.2 Å². The van der Waals surface area contributed by atoms with E-state index < -0.39 is 0 Å². The standard InChI is InChI=1S/C16H25NO2/c1-3-5-7-9-11-18-15-13-17-14-16(15)19-12-10-8-6-4-2/h3-4,13-14,17H,1-2,5-12H2. The van der Waals surface area contributed by atoms with E-state index in [4.69, 9.17) is 9.47 Å². The third kappa shape index (κ3) is 6.75. The van der Waals surface area contributed by atoms with Crippen LogP contribution in [0.25, 0.3) is 0 Å². The topological polar surface area (TPSA) is 34.2 Å². The van der Waals surface area contributed by atoms with Crippen molar-refractivity contribution in [1.82, 2.24) is 4.98 Å². The molecule has 0 aliphatic rings. The zero-order valence-electron chi connectivity index (χ0n) is 11.7. The second-order valence-corrected chi connectivity index (χ2v) is 4.45. The molecule has 0 unspecified atom stereocenters. The average molecular weight is 263 g/mol. The first-order chi connectivity index (χ1) is 9.38. The first kappa shape index (κ1) is 15.4. The number of unbranched alkanes of at least 4 members (excludes halogenated alkanes) is 4. The molecule has 0 aliphatic heterocycles. The molecule has 0 atom stereocenters. The van der Waals surface area contributed by atoms with Gasteiger partial charge in [-0.05, 0) is 38.5 Å². The fraction of sp³-hybridized carbons (Fsp3) is 0.500. The lowest BCUT2D eigenvalue weighted by Crippen LogP contribution is -2.00. The molecule has 19 heavy (non-hydrogen) atoms. The summed E-state index contributed by atoms with van der Waals surface area (Å²) < 4.78 is 11.4. The van der Waals surface area contributed by atoms with Crippen LogP contribution in [0.15, 0.2) is 37.7 Å². The molecule has 0 aliphatic carbocycles. The summed E-state index contributed by atoms with van der Waals surface area (Å²) in [7, 11) is 0. The van der Waals surface area contributed by atoms with Crippen LogP contribution in [0, 0.1) is 0 Å². The fourth-order valence-corrected chi connectivity index (χ4v) is 1.71. The van der Waals surface area contributed by atoms with Crippen molar-refractivity contribution in [1.29, 1.82) is 0 Å². The van der Waals surface area contributed by atoms with E-state index in [2.05, 4.69) is 18.1 Å². The lowest BCUT2D eigenvalue weighted by molar-refractivity contribution is 0.262. The van der Waals surface area contributed by atoms with Crippen molar-refractivity contribution in [2.24, 2.45) is 0 Å². The molecule has 1 rings (SSSR count). The van der Waals surface area contributed by atoms with Gasteiger partial charge in [-0.3, -0.25) is 0 Å². The predicted molar refractivity (Wildman–Crippen MR) is 79.9 cm³/mol. The zero-order chi connectivity index (χ0) is 13.8. The highest BCUT2D eigenvalue weighted by Gasteiger charge is 2.05. The molecule has 3 heteroatoms. The Kier molecular flexibility index (Phi) is 8.36. The second-order valence-electron chi connectivity index (χ2n) is 4.45.